The van der Waals surface area contributed by atoms with Crippen LogP contribution in [0.5, 0.6) is 0 Å². The van der Waals surface area contributed by atoms with Gasteiger partial charge in [-0.3, -0.25) is 9.59 Å². The number of nitrogens with one attached hydrogen (secondary N) is 1. The number of carbonyl (C=O) groups is 2. The normalized spacial score (nSPS) is 19.5. The Balaban J connectivity index is 1.48. The summed E-state index contributed by atoms with van der Waals surface area (Å²) in [5.74, 6) is 0.582. The molecule has 0 saturated carbocycles. The van der Waals surface area contributed by atoms with Crippen LogP contribution in [0.1, 0.15) is 66.8 Å². The summed E-state index contributed by atoms with van der Waals surface area (Å²) in [6.45, 7) is 3.72. The van der Waals surface area contributed by atoms with Gasteiger partial charge in [-0.15, -0.1) is 0 Å². The molecule has 2 aliphatic rings. The molecule has 26 heavy (non-hydrogen) atoms. The number of carboxylic acid groups (broad SMARTS) is 1. The maximum absolute atomic E-state index is 12.7. The van der Waals surface area contributed by atoms with Crippen LogP contribution in [0.2, 0.25) is 0 Å². The van der Waals surface area contributed by atoms with Crippen LogP contribution in [0.15, 0.2) is 24.3 Å². The van der Waals surface area contributed by atoms with Crippen LogP contribution in [-0.4, -0.2) is 48.1 Å². The Labute approximate surface area is 155 Å². The maximum atomic E-state index is 12.7. The Morgan fingerprint density at radius 2 is 1.69 bits per heavy atom. The van der Waals surface area contributed by atoms with Gasteiger partial charge in [-0.1, -0.05) is 12.1 Å². The molecule has 2 N–H and O–H groups in total. The van der Waals surface area contributed by atoms with Gasteiger partial charge in [0.05, 0.1) is 0 Å². The lowest BCUT2D eigenvalue weighted by atomic mass is 9.89. The molecule has 1 aromatic rings. The van der Waals surface area contributed by atoms with E-state index in [2.05, 4.69) is 17.4 Å². The lowest BCUT2D eigenvalue weighted by molar-refractivity contribution is -0.137. The van der Waals surface area contributed by atoms with Crippen molar-refractivity contribution in [2.75, 3.05) is 26.2 Å². The first kappa shape index (κ1) is 18.9. The predicted octanol–water partition coefficient (Wildman–Crippen LogP) is 3.26. The highest BCUT2D eigenvalue weighted by molar-refractivity contribution is 5.94. The van der Waals surface area contributed by atoms with Crippen LogP contribution in [0.4, 0.5) is 0 Å². The molecule has 0 aliphatic carbocycles. The van der Waals surface area contributed by atoms with Gasteiger partial charge in [0.15, 0.2) is 0 Å². The molecule has 0 unspecified atom stereocenters. The number of hydrogen-bond acceptors (Lipinski definition) is 3. The van der Waals surface area contributed by atoms with Crippen molar-refractivity contribution in [3.05, 3.63) is 35.4 Å². The molecule has 3 rings (SSSR count). The second kappa shape index (κ2) is 9.17. The Bertz CT molecular complexity index is 600. The van der Waals surface area contributed by atoms with E-state index in [1.807, 2.05) is 17.0 Å². The number of carboxylic acids is 1. The van der Waals surface area contributed by atoms with Crippen molar-refractivity contribution in [1.29, 1.82) is 0 Å². The third-order valence-corrected chi connectivity index (χ3v) is 5.87. The highest BCUT2D eigenvalue weighted by atomic mass is 16.4. The zero-order chi connectivity index (χ0) is 18.4. The van der Waals surface area contributed by atoms with E-state index in [0.717, 1.165) is 57.4 Å². The van der Waals surface area contributed by atoms with E-state index >= 15 is 0 Å². The van der Waals surface area contributed by atoms with Crippen LogP contribution in [0.3, 0.4) is 0 Å². The topological polar surface area (TPSA) is 69.6 Å². The van der Waals surface area contributed by atoms with Crippen molar-refractivity contribution in [1.82, 2.24) is 10.2 Å². The van der Waals surface area contributed by atoms with Gasteiger partial charge in [0, 0.05) is 25.1 Å². The molecule has 2 fully saturated rings. The van der Waals surface area contributed by atoms with E-state index in [0.29, 0.717) is 11.8 Å². The number of nitrogens with zero attached hydrogens (tertiary/aromatic N) is 1. The fraction of sp³-hybridized carbons (Fsp3) is 0.619. The van der Waals surface area contributed by atoms with Crippen molar-refractivity contribution < 1.29 is 14.7 Å². The number of carbonyl (C=O) groups excluding carboxylic acids is 1. The number of benzene rings is 1. The van der Waals surface area contributed by atoms with E-state index in [1.54, 1.807) is 0 Å². The van der Waals surface area contributed by atoms with Crippen LogP contribution < -0.4 is 5.32 Å². The van der Waals surface area contributed by atoms with Crippen LogP contribution >= 0.6 is 0 Å². The molecule has 0 bridgehead atoms. The molecule has 0 atom stereocenters. The first-order chi connectivity index (χ1) is 12.6. The summed E-state index contributed by atoms with van der Waals surface area (Å²) in [6, 6.07) is 8.22. The number of piperidine rings is 2. The van der Waals surface area contributed by atoms with Gasteiger partial charge < -0.3 is 15.3 Å². The molecule has 1 amide bonds. The number of hydrogen-bond donors (Lipinski definition) is 2. The van der Waals surface area contributed by atoms with E-state index < -0.39 is 5.97 Å². The molecule has 2 aliphatic heterocycles. The Kier molecular flexibility index (Phi) is 6.67. The van der Waals surface area contributed by atoms with Gasteiger partial charge in [-0.25, -0.2) is 0 Å². The minimum absolute atomic E-state index is 0.130. The summed E-state index contributed by atoms with van der Waals surface area (Å²) in [6.07, 6.45) is 6.26. The quantitative estimate of drug-likeness (QED) is 0.819. The van der Waals surface area contributed by atoms with Crippen molar-refractivity contribution in [2.45, 2.75) is 50.9 Å². The molecular weight excluding hydrogens is 328 g/mol. The number of rotatable bonds is 6. The van der Waals surface area contributed by atoms with Crippen molar-refractivity contribution in [3.63, 3.8) is 0 Å². The van der Waals surface area contributed by atoms with Crippen molar-refractivity contribution in [2.24, 2.45) is 5.92 Å². The average molecular weight is 358 g/mol. The molecule has 1 aromatic carbocycles. The Hall–Kier alpha value is -1.88. The molecule has 2 heterocycles. The summed E-state index contributed by atoms with van der Waals surface area (Å²) < 4.78 is 0. The van der Waals surface area contributed by atoms with Gasteiger partial charge in [0.1, 0.15) is 0 Å². The maximum Gasteiger partial charge on any atom is 0.303 e. The summed E-state index contributed by atoms with van der Waals surface area (Å²) in [5.41, 5.74) is 2.13. The molecule has 0 spiro atoms. The summed E-state index contributed by atoms with van der Waals surface area (Å²) in [7, 11) is 0. The van der Waals surface area contributed by atoms with Crippen molar-refractivity contribution >= 4 is 11.9 Å². The fourth-order valence-electron chi connectivity index (χ4n) is 4.20. The average Bonchev–Trinajstić information content (AvgIpc) is 2.68. The molecule has 5 heteroatoms. The van der Waals surface area contributed by atoms with Gasteiger partial charge in [0.2, 0.25) is 0 Å². The Morgan fingerprint density at radius 3 is 2.31 bits per heavy atom. The molecule has 5 nitrogen and oxygen atoms in total. The largest absolute Gasteiger partial charge is 0.481 e. The monoisotopic (exact) mass is 358 g/mol. The van der Waals surface area contributed by atoms with E-state index in [-0.39, 0.29) is 12.3 Å². The number of amides is 1. The van der Waals surface area contributed by atoms with Crippen LogP contribution in [0.25, 0.3) is 0 Å². The van der Waals surface area contributed by atoms with E-state index in [4.69, 9.17) is 5.11 Å². The standard InChI is InChI=1S/C21H30N2O3/c24-20(25)3-1-2-16-10-14-23(15-11-16)21(26)19-6-4-17(5-7-19)18-8-12-22-13-9-18/h4-7,16,18,22H,1-3,8-15H2,(H,24,25). The zero-order valence-corrected chi connectivity index (χ0v) is 15.5. The highest BCUT2D eigenvalue weighted by Gasteiger charge is 2.24. The summed E-state index contributed by atoms with van der Waals surface area (Å²) in [5, 5.41) is 12.1. The number of aliphatic carboxylic acids is 1. The van der Waals surface area contributed by atoms with E-state index in [1.165, 1.54) is 18.4 Å². The van der Waals surface area contributed by atoms with E-state index in [9.17, 15) is 9.59 Å². The molecule has 2 saturated heterocycles. The first-order valence-electron chi connectivity index (χ1n) is 9.95. The van der Waals surface area contributed by atoms with Gasteiger partial charge in [-0.05, 0) is 81.1 Å². The second-order valence-electron chi connectivity index (χ2n) is 7.67. The fourth-order valence-corrected chi connectivity index (χ4v) is 4.20. The third kappa shape index (κ3) is 5.07. The predicted molar refractivity (Wildman–Crippen MR) is 101 cm³/mol. The Morgan fingerprint density at radius 1 is 1.04 bits per heavy atom. The lowest BCUT2D eigenvalue weighted by Crippen LogP contribution is -2.38. The molecule has 0 aromatic heterocycles. The molecular formula is C21H30N2O3. The summed E-state index contributed by atoms with van der Waals surface area (Å²) in [4.78, 5) is 25.3. The van der Waals surface area contributed by atoms with Gasteiger partial charge >= 0.3 is 5.97 Å². The molecule has 0 radical (unpaired) electrons. The lowest BCUT2D eigenvalue weighted by Gasteiger charge is -2.32. The number of likely N-dealkylation sites (tertiary alicyclic amines) is 1. The third-order valence-electron chi connectivity index (χ3n) is 5.87. The highest BCUT2D eigenvalue weighted by Crippen LogP contribution is 2.27. The smallest absolute Gasteiger partial charge is 0.303 e. The van der Waals surface area contributed by atoms with Crippen LogP contribution in [-0.2, 0) is 4.79 Å². The van der Waals surface area contributed by atoms with Crippen molar-refractivity contribution in [3.8, 4) is 0 Å². The first-order valence-corrected chi connectivity index (χ1v) is 9.95. The SMILES string of the molecule is O=C(O)CCCC1CCN(C(=O)c2ccc(C3CCNCC3)cc2)CC1. The minimum atomic E-state index is -0.717. The van der Waals surface area contributed by atoms with Gasteiger partial charge in [0.25, 0.3) is 5.91 Å². The summed E-state index contributed by atoms with van der Waals surface area (Å²) >= 11 is 0. The second-order valence-corrected chi connectivity index (χ2v) is 7.67. The van der Waals surface area contributed by atoms with Crippen LogP contribution in [0, 0.1) is 5.92 Å². The minimum Gasteiger partial charge on any atom is -0.481 e. The molecule has 142 valence electrons. The zero-order valence-electron chi connectivity index (χ0n) is 15.5. The van der Waals surface area contributed by atoms with Gasteiger partial charge in [-0.2, -0.15) is 0 Å².